The molecule has 0 saturated heterocycles. The number of aliphatic carboxylic acids is 1. The Hall–Kier alpha value is -2.08. The summed E-state index contributed by atoms with van der Waals surface area (Å²) in [5.74, 6) is -1.03. The number of hydrogen-bond donors (Lipinski definition) is 2. The minimum atomic E-state index is -1.03. The maximum absolute atomic E-state index is 11.8. The largest absolute Gasteiger partial charge is 0.480 e. The first-order valence-electron chi connectivity index (χ1n) is 7.29. The highest BCUT2D eigenvalue weighted by atomic mass is 16.5. The lowest BCUT2D eigenvalue weighted by Gasteiger charge is -2.17. The number of aryl methyl sites for hydroxylation is 1. The highest BCUT2D eigenvalue weighted by Gasteiger charge is 2.13. The van der Waals surface area contributed by atoms with Gasteiger partial charge in [-0.15, -0.1) is 0 Å². The van der Waals surface area contributed by atoms with Gasteiger partial charge < -0.3 is 19.9 Å². The maximum atomic E-state index is 11.8. The summed E-state index contributed by atoms with van der Waals surface area (Å²) in [5, 5.41) is 11.2. The van der Waals surface area contributed by atoms with Gasteiger partial charge in [0.25, 0.3) is 0 Å². The van der Waals surface area contributed by atoms with Gasteiger partial charge in [0, 0.05) is 0 Å². The number of alkyl carbamates (subject to hydrolysis) is 1. The third-order valence-electron chi connectivity index (χ3n) is 2.99. The molecule has 1 amide bonds. The zero-order chi connectivity index (χ0) is 16.4. The van der Waals surface area contributed by atoms with Crippen molar-refractivity contribution in [2.24, 2.45) is 0 Å². The second-order valence-corrected chi connectivity index (χ2v) is 5.10. The smallest absolute Gasteiger partial charge is 0.407 e. The second kappa shape index (κ2) is 9.78. The van der Waals surface area contributed by atoms with Crippen molar-refractivity contribution in [2.75, 3.05) is 13.2 Å². The van der Waals surface area contributed by atoms with Gasteiger partial charge in [0.15, 0.2) is 0 Å². The van der Waals surface area contributed by atoms with E-state index in [1.807, 2.05) is 38.1 Å². The Morgan fingerprint density at radius 1 is 1.27 bits per heavy atom. The van der Waals surface area contributed by atoms with Crippen LogP contribution in [0, 0.1) is 6.92 Å². The summed E-state index contributed by atoms with van der Waals surface area (Å²) in [7, 11) is 0. The van der Waals surface area contributed by atoms with E-state index in [1.54, 1.807) is 0 Å². The van der Waals surface area contributed by atoms with Crippen LogP contribution in [-0.4, -0.2) is 36.4 Å². The molecule has 0 bridgehead atoms. The van der Waals surface area contributed by atoms with Crippen LogP contribution in [0.3, 0.4) is 0 Å². The van der Waals surface area contributed by atoms with Crippen molar-refractivity contribution in [3.05, 3.63) is 35.4 Å². The molecule has 0 heterocycles. The molecule has 0 aliphatic rings. The number of nitrogens with one attached hydrogen (secondary N) is 1. The minimum Gasteiger partial charge on any atom is -0.480 e. The van der Waals surface area contributed by atoms with Crippen LogP contribution in [0.4, 0.5) is 4.79 Å². The first-order chi connectivity index (χ1) is 10.5. The van der Waals surface area contributed by atoms with E-state index in [9.17, 15) is 9.59 Å². The molecule has 0 aromatic heterocycles. The van der Waals surface area contributed by atoms with Gasteiger partial charge in [-0.2, -0.15) is 0 Å². The predicted octanol–water partition coefficient (Wildman–Crippen LogP) is 2.49. The Labute approximate surface area is 130 Å². The van der Waals surface area contributed by atoms with Crippen molar-refractivity contribution >= 4 is 12.1 Å². The van der Waals surface area contributed by atoms with E-state index in [-0.39, 0.29) is 25.9 Å². The average molecular weight is 309 g/mol. The van der Waals surface area contributed by atoms with E-state index in [2.05, 4.69) is 5.32 Å². The van der Waals surface area contributed by atoms with Crippen molar-refractivity contribution in [1.82, 2.24) is 5.32 Å². The number of rotatable bonds is 9. The lowest BCUT2D eigenvalue weighted by atomic mass is 10.2. The quantitative estimate of drug-likeness (QED) is 0.732. The molecule has 6 nitrogen and oxygen atoms in total. The van der Waals surface area contributed by atoms with Crippen LogP contribution >= 0.6 is 0 Å². The molecular weight excluding hydrogens is 286 g/mol. The number of carboxylic acid groups (broad SMARTS) is 1. The molecule has 22 heavy (non-hydrogen) atoms. The van der Waals surface area contributed by atoms with Crippen LogP contribution in [0.25, 0.3) is 0 Å². The minimum absolute atomic E-state index is 0.153. The average Bonchev–Trinajstić information content (AvgIpc) is 2.46. The lowest BCUT2D eigenvalue weighted by Crippen LogP contribution is -2.38. The van der Waals surface area contributed by atoms with Gasteiger partial charge in [-0.3, -0.25) is 0 Å². The maximum Gasteiger partial charge on any atom is 0.407 e. The molecule has 2 N–H and O–H groups in total. The van der Waals surface area contributed by atoms with E-state index in [4.69, 9.17) is 14.6 Å². The number of benzene rings is 1. The Balaban J connectivity index is 2.35. The summed E-state index contributed by atoms with van der Waals surface area (Å²) < 4.78 is 10.2. The highest BCUT2D eigenvalue weighted by Crippen LogP contribution is 2.05. The van der Waals surface area contributed by atoms with Gasteiger partial charge in [-0.1, -0.05) is 43.2 Å². The number of carboxylic acids is 1. The summed E-state index contributed by atoms with van der Waals surface area (Å²) in [6, 6.07) is 7.46. The van der Waals surface area contributed by atoms with Crippen LogP contribution in [-0.2, 0) is 20.9 Å². The van der Waals surface area contributed by atoms with Crippen molar-refractivity contribution in [1.29, 1.82) is 0 Å². The number of ether oxygens (including phenoxy) is 2. The van der Waals surface area contributed by atoms with Crippen molar-refractivity contribution in [3.63, 3.8) is 0 Å². The Morgan fingerprint density at radius 2 is 1.95 bits per heavy atom. The summed E-state index contributed by atoms with van der Waals surface area (Å²) in [6.07, 6.45) is 1.01. The summed E-state index contributed by atoms with van der Waals surface area (Å²) in [5.41, 5.74) is 2.06. The molecule has 122 valence electrons. The summed E-state index contributed by atoms with van der Waals surface area (Å²) in [6.45, 7) is 3.94. The Kier molecular flexibility index (Phi) is 7.99. The van der Waals surface area contributed by atoms with Crippen molar-refractivity contribution in [2.45, 2.75) is 39.3 Å². The molecule has 6 heteroatoms. The fourth-order valence-electron chi connectivity index (χ4n) is 1.88. The van der Waals surface area contributed by atoms with Crippen LogP contribution in [0.1, 0.15) is 30.9 Å². The van der Waals surface area contributed by atoms with E-state index < -0.39 is 12.1 Å². The molecule has 1 aromatic rings. The first kappa shape index (κ1) is 18.0. The molecule has 0 fully saturated rings. The summed E-state index contributed by atoms with van der Waals surface area (Å²) >= 11 is 0. The molecular formula is C16H23NO5. The third-order valence-corrected chi connectivity index (χ3v) is 2.99. The van der Waals surface area contributed by atoms with Crippen molar-refractivity contribution < 1.29 is 24.2 Å². The lowest BCUT2D eigenvalue weighted by molar-refractivity contribution is -0.142. The third kappa shape index (κ3) is 7.64. The zero-order valence-corrected chi connectivity index (χ0v) is 13.0. The van der Waals surface area contributed by atoms with Crippen molar-refractivity contribution in [3.8, 4) is 0 Å². The van der Waals surface area contributed by atoms with Gasteiger partial charge in [-0.25, -0.2) is 9.59 Å². The molecule has 0 aliphatic heterocycles. The monoisotopic (exact) mass is 309 g/mol. The normalized spacial score (nSPS) is 11.7. The van der Waals surface area contributed by atoms with Gasteiger partial charge in [-0.05, 0) is 18.9 Å². The Bertz CT molecular complexity index is 472. The van der Waals surface area contributed by atoms with E-state index in [0.29, 0.717) is 6.42 Å². The standard InChI is InChI=1S/C16H23NO5/c1-3-4-14(10-21-11-15(18)19)17-16(20)22-9-13-7-5-12(2)6-8-13/h5-8,14H,3-4,9-11H2,1-2H3,(H,17,20)(H,18,19)/t14-/m0/s1. The number of amides is 1. The number of carbonyl (C=O) groups excluding carboxylic acids is 1. The highest BCUT2D eigenvalue weighted by molar-refractivity contribution is 5.68. The van der Waals surface area contributed by atoms with Crippen LogP contribution in [0.2, 0.25) is 0 Å². The molecule has 1 aromatic carbocycles. The second-order valence-electron chi connectivity index (χ2n) is 5.10. The predicted molar refractivity (Wildman–Crippen MR) is 81.7 cm³/mol. The molecule has 0 aliphatic carbocycles. The van der Waals surface area contributed by atoms with Gasteiger partial charge in [0.1, 0.15) is 13.2 Å². The van der Waals surface area contributed by atoms with Gasteiger partial charge in [0.2, 0.25) is 0 Å². The van der Waals surface area contributed by atoms with E-state index >= 15 is 0 Å². The fourth-order valence-corrected chi connectivity index (χ4v) is 1.88. The number of hydrogen-bond acceptors (Lipinski definition) is 4. The van der Waals surface area contributed by atoms with Gasteiger partial charge >= 0.3 is 12.1 Å². The van der Waals surface area contributed by atoms with Crippen LogP contribution < -0.4 is 5.32 Å². The van der Waals surface area contributed by atoms with Crippen LogP contribution in [0.15, 0.2) is 24.3 Å². The van der Waals surface area contributed by atoms with Crippen LogP contribution in [0.5, 0.6) is 0 Å². The topological polar surface area (TPSA) is 84.9 Å². The SMILES string of the molecule is CCC[C@@H](COCC(=O)O)NC(=O)OCc1ccc(C)cc1. The van der Waals surface area contributed by atoms with E-state index in [1.165, 1.54) is 0 Å². The van der Waals surface area contributed by atoms with Gasteiger partial charge in [0.05, 0.1) is 12.6 Å². The summed E-state index contributed by atoms with van der Waals surface area (Å²) in [4.78, 5) is 22.2. The molecule has 1 rings (SSSR count). The fraction of sp³-hybridized carbons (Fsp3) is 0.500. The molecule has 0 saturated carbocycles. The first-order valence-corrected chi connectivity index (χ1v) is 7.29. The molecule has 0 unspecified atom stereocenters. The Morgan fingerprint density at radius 3 is 2.55 bits per heavy atom. The molecule has 0 radical (unpaired) electrons. The molecule has 0 spiro atoms. The van der Waals surface area contributed by atoms with E-state index in [0.717, 1.165) is 17.5 Å². The number of carbonyl (C=O) groups is 2. The zero-order valence-electron chi connectivity index (χ0n) is 13.0. The molecule has 1 atom stereocenters.